The third-order valence-electron chi connectivity index (χ3n) is 3.57. The maximum absolute atomic E-state index is 12.4. The number of likely N-dealkylation sites (tertiary alicyclic amines) is 1. The van der Waals surface area contributed by atoms with E-state index in [4.69, 9.17) is 10.5 Å². The van der Waals surface area contributed by atoms with Crippen molar-refractivity contribution in [3.8, 4) is 0 Å². The number of nitrogens with zero attached hydrogens (tertiary/aromatic N) is 2. The molecular formula is C14H21N3O2. The smallest absolute Gasteiger partial charge is 0.254 e. The van der Waals surface area contributed by atoms with E-state index in [0.29, 0.717) is 11.4 Å². The normalized spacial score (nSPS) is 16.6. The van der Waals surface area contributed by atoms with Gasteiger partial charge in [-0.25, -0.2) is 4.98 Å². The Morgan fingerprint density at radius 1 is 1.47 bits per heavy atom. The van der Waals surface area contributed by atoms with Gasteiger partial charge in [0.25, 0.3) is 5.91 Å². The van der Waals surface area contributed by atoms with E-state index >= 15 is 0 Å². The van der Waals surface area contributed by atoms with Gasteiger partial charge < -0.3 is 15.4 Å². The van der Waals surface area contributed by atoms with E-state index in [-0.39, 0.29) is 12.0 Å². The predicted molar refractivity (Wildman–Crippen MR) is 74.0 cm³/mol. The number of hydrogen-bond donors (Lipinski definition) is 1. The van der Waals surface area contributed by atoms with Gasteiger partial charge in [-0.05, 0) is 31.4 Å². The minimum absolute atomic E-state index is 0.0401. The SMILES string of the molecule is CCc1cc(C(=O)N2CCC(OC)CC2)cc(N)n1. The van der Waals surface area contributed by atoms with E-state index in [1.807, 2.05) is 17.9 Å². The number of nitrogens with two attached hydrogens (primary N) is 1. The molecule has 0 bridgehead atoms. The van der Waals surface area contributed by atoms with Gasteiger partial charge in [-0.2, -0.15) is 0 Å². The maximum atomic E-state index is 12.4. The van der Waals surface area contributed by atoms with Crippen molar-refractivity contribution in [1.82, 2.24) is 9.88 Å². The molecule has 5 heteroatoms. The molecule has 1 aromatic heterocycles. The molecule has 19 heavy (non-hydrogen) atoms. The maximum Gasteiger partial charge on any atom is 0.254 e. The molecular weight excluding hydrogens is 242 g/mol. The van der Waals surface area contributed by atoms with Crippen LogP contribution < -0.4 is 5.73 Å². The van der Waals surface area contributed by atoms with Crippen LogP contribution in [0.4, 0.5) is 5.82 Å². The third kappa shape index (κ3) is 3.23. The number of ether oxygens (including phenoxy) is 1. The zero-order chi connectivity index (χ0) is 13.8. The summed E-state index contributed by atoms with van der Waals surface area (Å²) >= 11 is 0. The summed E-state index contributed by atoms with van der Waals surface area (Å²) in [4.78, 5) is 18.5. The first-order valence-corrected chi connectivity index (χ1v) is 6.72. The van der Waals surface area contributed by atoms with Crippen LogP contribution in [-0.2, 0) is 11.2 Å². The minimum Gasteiger partial charge on any atom is -0.384 e. The Balaban J connectivity index is 2.09. The Kier molecular flexibility index (Phi) is 4.37. The molecule has 5 nitrogen and oxygen atoms in total. The molecule has 1 saturated heterocycles. The molecule has 1 aromatic rings. The molecule has 104 valence electrons. The molecule has 1 fully saturated rings. The topological polar surface area (TPSA) is 68.5 Å². The van der Waals surface area contributed by atoms with Crippen molar-refractivity contribution in [3.05, 3.63) is 23.4 Å². The highest BCUT2D eigenvalue weighted by molar-refractivity contribution is 5.95. The molecule has 2 N–H and O–H groups in total. The first kappa shape index (κ1) is 13.8. The lowest BCUT2D eigenvalue weighted by Gasteiger charge is -2.31. The number of methoxy groups -OCH3 is 1. The number of carbonyl (C=O) groups excluding carboxylic acids is 1. The van der Waals surface area contributed by atoms with Crippen LogP contribution in [0.5, 0.6) is 0 Å². The van der Waals surface area contributed by atoms with Crippen LogP contribution in [0.2, 0.25) is 0 Å². The van der Waals surface area contributed by atoms with E-state index in [2.05, 4.69) is 4.98 Å². The van der Waals surface area contributed by atoms with Crippen LogP contribution in [0.3, 0.4) is 0 Å². The number of carbonyl (C=O) groups is 1. The zero-order valence-electron chi connectivity index (χ0n) is 11.6. The second-order valence-corrected chi connectivity index (χ2v) is 4.85. The lowest BCUT2D eigenvalue weighted by Crippen LogP contribution is -2.40. The summed E-state index contributed by atoms with van der Waals surface area (Å²) in [6, 6.07) is 3.49. The van der Waals surface area contributed by atoms with Gasteiger partial charge in [0.05, 0.1) is 6.10 Å². The second kappa shape index (κ2) is 6.02. The molecule has 0 aliphatic carbocycles. The number of piperidine rings is 1. The van der Waals surface area contributed by atoms with Crippen molar-refractivity contribution in [3.63, 3.8) is 0 Å². The molecule has 1 amide bonds. The molecule has 0 unspecified atom stereocenters. The quantitative estimate of drug-likeness (QED) is 0.896. The average molecular weight is 263 g/mol. The Morgan fingerprint density at radius 2 is 2.16 bits per heavy atom. The second-order valence-electron chi connectivity index (χ2n) is 4.85. The number of hydrogen-bond acceptors (Lipinski definition) is 4. The molecule has 2 rings (SSSR count). The van der Waals surface area contributed by atoms with Crippen molar-refractivity contribution >= 4 is 11.7 Å². The van der Waals surface area contributed by atoms with Gasteiger partial charge in [-0.15, -0.1) is 0 Å². The van der Waals surface area contributed by atoms with E-state index in [9.17, 15) is 4.79 Å². The highest BCUT2D eigenvalue weighted by Gasteiger charge is 2.23. The van der Waals surface area contributed by atoms with Crippen molar-refractivity contribution in [2.24, 2.45) is 0 Å². The zero-order valence-corrected chi connectivity index (χ0v) is 11.6. The van der Waals surface area contributed by atoms with Crippen LogP contribution in [-0.4, -0.2) is 42.1 Å². The van der Waals surface area contributed by atoms with Gasteiger partial charge in [-0.1, -0.05) is 6.92 Å². The molecule has 0 aromatic carbocycles. The largest absolute Gasteiger partial charge is 0.384 e. The van der Waals surface area contributed by atoms with Crippen LogP contribution in [0.15, 0.2) is 12.1 Å². The summed E-state index contributed by atoms with van der Waals surface area (Å²) in [5, 5.41) is 0. The Bertz CT molecular complexity index is 454. The highest BCUT2D eigenvalue weighted by Crippen LogP contribution is 2.17. The van der Waals surface area contributed by atoms with Gasteiger partial charge in [-0.3, -0.25) is 4.79 Å². The van der Waals surface area contributed by atoms with Crippen LogP contribution in [0.1, 0.15) is 35.8 Å². The molecule has 2 heterocycles. The van der Waals surface area contributed by atoms with Gasteiger partial charge in [0.15, 0.2) is 0 Å². The fourth-order valence-electron chi connectivity index (χ4n) is 2.39. The fraction of sp³-hybridized carbons (Fsp3) is 0.571. The number of aryl methyl sites for hydroxylation is 1. The molecule has 1 aliphatic rings. The summed E-state index contributed by atoms with van der Waals surface area (Å²) in [7, 11) is 1.72. The van der Waals surface area contributed by atoms with E-state index < -0.39 is 0 Å². The van der Waals surface area contributed by atoms with Gasteiger partial charge in [0.2, 0.25) is 0 Å². The number of nitrogen functional groups attached to an aromatic ring is 1. The van der Waals surface area contributed by atoms with Crippen molar-refractivity contribution in [1.29, 1.82) is 0 Å². The predicted octanol–water partition coefficient (Wildman–Crippen LogP) is 1.48. The summed E-state index contributed by atoms with van der Waals surface area (Å²) in [6.07, 6.45) is 2.84. The molecule has 0 atom stereocenters. The lowest BCUT2D eigenvalue weighted by molar-refractivity contribution is 0.0350. The third-order valence-corrected chi connectivity index (χ3v) is 3.57. The summed E-state index contributed by atoms with van der Waals surface area (Å²) in [5.74, 6) is 0.452. The van der Waals surface area contributed by atoms with Crippen LogP contribution >= 0.6 is 0 Å². The number of aromatic nitrogens is 1. The Hall–Kier alpha value is -1.62. The standard InChI is InChI=1S/C14H21N3O2/c1-3-11-8-10(9-13(15)16-11)14(18)17-6-4-12(19-2)5-7-17/h8-9,12H,3-7H2,1-2H3,(H2,15,16). The van der Waals surface area contributed by atoms with Crippen LogP contribution in [0, 0.1) is 0 Å². The lowest BCUT2D eigenvalue weighted by atomic mass is 10.1. The minimum atomic E-state index is 0.0401. The highest BCUT2D eigenvalue weighted by atomic mass is 16.5. The molecule has 0 radical (unpaired) electrons. The number of pyridine rings is 1. The van der Waals surface area contributed by atoms with Gasteiger partial charge in [0.1, 0.15) is 5.82 Å². The first-order chi connectivity index (χ1) is 9.13. The number of rotatable bonds is 3. The summed E-state index contributed by atoms with van der Waals surface area (Å²) < 4.78 is 5.31. The van der Waals surface area contributed by atoms with Crippen molar-refractivity contribution < 1.29 is 9.53 Å². The monoisotopic (exact) mass is 263 g/mol. The summed E-state index contributed by atoms with van der Waals surface area (Å²) in [5.41, 5.74) is 7.24. The Labute approximate surface area is 113 Å². The molecule has 0 spiro atoms. The molecule has 1 aliphatic heterocycles. The fourth-order valence-corrected chi connectivity index (χ4v) is 2.39. The van der Waals surface area contributed by atoms with Crippen molar-refractivity contribution in [2.75, 3.05) is 25.9 Å². The van der Waals surface area contributed by atoms with E-state index in [1.54, 1.807) is 13.2 Å². The Morgan fingerprint density at radius 3 is 2.74 bits per heavy atom. The average Bonchev–Trinajstić information content (AvgIpc) is 2.46. The summed E-state index contributed by atoms with van der Waals surface area (Å²) in [6.45, 7) is 3.47. The van der Waals surface area contributed by atoms with E-state index in [1.165, 1.54) is 0 Å². The number of amides is 1. The van der Waals surface area contributed by atoms with Crippen molar-refractivity contribution in [2.45, 2.75) is 32.3 Å². The van der Waals surface area contributed by atoms with Crippen LogP contribution in [0.25, 0.3) is 0 Å². The number of anilines is 1. The van der Waals surface area contributed by atoms with Gasteiger partial charge >= 0.3 is 0 Å². The van der Waals surface area contributed by atoms with Gasteiger partial charge in [0, 0.05) is 31.5 Å². The molecule has 0 saturated carbocycles. The van der Waals surface area contributed by atoms with E-state index in [0.717, 1.165) is 38.0 Å². The first-order valence-electron chi connectivity index (χ1n) is 6.72.